The largest absolute Gasteiger partial charge is 0.311 e. The molecule has 0 aromatic carbocycles. The van der Waals surface area contributed by atoms with E-state index in [1.807, 2.05) is 0 Å². The van der Waals surface area contributed by atoms with Crippen LogP contribution in [0.4, 0.5) is 0 Å². The summed E-state index contributed by atoms with van der Waals surface area (Å²) in [5, 5.41) is 3.72. The second-order valence-corrected chi connectivity index (χ2v) is 6.86. The van der Waals surface area contributed by atoms with Crippen molar-refractivity contribution in [3.8, 4) is 0 Å². The van der Waals surface area contributed by atoms with Crippen molar-refractivity contribution in [2.24, 2.45) is 17.8 Å². The molecule has 0 bridgehead atoms. The lowest BCUT2D eigenvalue weighted by Crippen LogP contribution is -2.56. The highest BCUT2D eigenvalue weighted by molar-refractivity contribution is 4.88. The third-order valence-corrected chi connectivity index (χ3v) is 5.65. The van der Waals surface area contributed by atoms with Gasteiger partial charge in [-0.2, -0.15) is 0 Å². The van der Waals surface area contributed by atoms with Crippen LogP contribution < -0.4 is 5.32 Å². The molecule has 106 valence electrons. The van der Waals surface area contributed by atoms with Gasteiger partial charge >= 0.3 is 0 Å². The summed E-state index contributed by atoms with van der Waals surface area (Å²) in [6.07, 6.45) is 5.58. The summed E-state index contributed by atoms with van der Waals surface area (Å²) in [4.78, 5) is 2.79. The van der Waals surface area contributed by atoms with Gasteiger partial charge in [0.15, 0.2) is 0 Å². The van der Waals surface area contributed by atoms with Gasteiger partial charge in [-0.1, -0.05) is 34.1 Å². The zero-order chi connectivity index (χ0) is 13.1. The maximum atomic E-state index is 3.72. The van der Waals surface area contributed by atoms with E-state index in [9.17, 15) is 0 Å². The predicted octanol–water partition coefficient (Wildman–Crippen LogP) is 3.13. The second-order valence-electron chi connectivity index (χ2n) is 6.86. The normalized spacial score (nSPS) is 40.7. The Kier molecular flexibility index (Phi) is 5.08. The minimum absolute atomic E-state index is 0.721. The Balaban J connectivity index is 1.89. The summed E-state index contributed by atoms with van der Waals surface area (Å²) in [6.45, 7) is 13.3. The van der Waals surface area contributed by atoms with Crippen molar-refractivity contribution in [2.45, 2.75) is 65.5 Å². The van der Waals surface area contributed by atoms with E-state index in [-0.39, 0.29) is 0 Å². The highest BCUT2D eigenvalue weighted by atomic mass is 15.2. The molecule has 0 radical (unpaired) electrons. The molecule has 2 fully saturated rings. The lowest BCUT2D eigenvalue weighted by molar-refractivity contribution is 0.0713. The molecule has 0 spiro atoms. The quantitative estimate of drug-likeness (QED) is 0.830. The third kappa shape index (κ3) is 3.27. The molecule has 5 atom stereocenters. The van der Waals surface area contributed by atoms with Crippen LogP contribution in [-0.2, 0) is 0 Å². The Labute approximate surface area is 114 Å². The van der Waals surface area contributed by atoms with Gasteiger partial charge in [0, 0.05) is 31.7 Å². The molecule has 1 saturated carbocycles. The van der Waals surface area contributed by atoms with Crippen LogP contribution in [0.15, 0.2) is 0 Å². The Hall–Kier alpha value is -0.0800. The summed E-state index contributed by atoms with van der Waals surface area (Å²) in [6, 6.07) is 1.59. The van der Waals surface area contributed by atoms with E-state index in [1.54, 1.807) is 0 Å². The average Bonchev–Trinajstić information content (AvgIpc) is 2.41. The highest BCUT2D eigenvalue weighted by Crippen LogP contribution is 2.32. The SMILES string of the molecule is CCC(C)C1CN(C2CCC(C)C(C)C2)CCN1. The van der Waals surface area contributed by atoms with E-state index in [1.165, 1.54) is 45.3 Å². The fourth-order valence-electron chi connectivity index (χ4n) is 3.65. The third-order valence-electron chi connectivity index (χ3n) is 5.65. The maximum absolute atomic E-state index is 3.72. The van der Waals surface area contributed by atoms with Gasteiger partial charge in [-0.15, -0.1) is 0 Å². The first-order valence-corrected chi connectivity index (χ1v) is 8.09. The molecule has 18 heavy (non-hydrogen) atoms. The first-order valence-electron chi connectivity index (χ1n) is 8.09. The molecule has 1 N–H and O–H groups in total. The van der Waals surface area contributed by atoms with Crippen molar-refractivity contribution in [2.75, 3.05) is 19.6 Å². The molecule has 1 saturated heterocycles. The van der Waals surface area contributed by atoms with Gasteiger partial charge in [0.25, 0.3) is 0 Å². The molecule has 1 aliphatic carbocycles. The predicted molar refractivity (Wildman–Crippen MR) is 78.8 cm³/mol. The number of nitrogens with one attached hydrogen (secondary N) is 1. The fourth-order valence-corrected chi connectivity index (χ4v) is 3.65. The maximum Gasteiger partial charge on any atom is 0.0221 e. The van der Waals surface area contributed by atoms with Crippen LogP contribution in [0.5, 0.6) is 0 Å². The Morgan fingerprint density at radius 1 is 1.22 bits per heavy atom. The van der Waals surface area contributed by atoms with Crippen LogP contribution in [0.3, 0.4) is 0 Å². The van der Waals surface area contributed by atoms with Crippen LogP contribution in [0, 0.1) is 17.8 Å². The van der Waals surface area contributed by atoms with Gasteiger partial charge in [0.05, 0.1) is 0 Å². The Morgan fingerprint density at radius 3 is 2.67 bits per heavy atom. The first kappa shape index (κ1) is 14.3. The van der Waals surface area contributed by atoms with E-state index in [4.69, 9.17) is 0 Å². The summed E-state index contributed by atoms with van der Waals surface area (Å²) >= 11 is 0. The minimum Gasteiger partial charge on any atom is -0.311 e. The molecule has 1 aliphatic heterocycles. The summed E-state index contributed by atoms with van der Waals surface area (Å²) in [5.74, 6) is 2.67. The number of hydrogen-bond acceptors (Lipinski definition) is 2. The molecule has 2 aliphatic rings. The zero-order valence-electron chi connectivity index (χ0n) is 12.8. The summed E-state index contributed by atoms with van der Waals surface area (Å²) in [7, 11) is 0. The topological polar surface area (TPSA) is 15.3 Å². The molecule has 1 heterocycles. The van der Waals surface area contributed by atoms with Gasteiger partial charge in [-0.3, -0.25) is 4.90 Å². The molecular weight excluding hydrogens is 220 g/mol. The van der Waals surface area contributed by atoms with Crippen molar-refractivity contribution in [1.29, 1.82) is 0 Å². The lowest BCUT2D eigenvalue weighted by atomic mass is 9.78. The van der Waals surface area contributed by atoms with E-state index >= 15 is 0 Å². The van der Waals surface area contributed by atoms with Gasteiger partial charge in [0.1, 0.15) is 0 Å². The van der Waals surface area contributed by atoms with Crippen molar-refractivity contribution in [3.63, 3.8) is 0 Å². The molecule has 0 aromatic heterocycles. The summed E-state index contributed by atoms with van der Waals surface area (Å²) < 4.78 is 0. The first-order chi connectivity index (χ1) is 8.61. The van der Waals surface area contributed by atoms with E-state index in [0.717, 1.165) is 29.8 Å². The monoisotopic (exact) mass is 252 g/mol. The van der Waals surface area contributed by atoms with Gasteiger partial charge in [-0.25, -0.2) is 0 Å². The Morgan fingerprint density at radius 2 is 2.00 bits per heavy atom. The zero-order valence-corrected chi connectivity index (χ0v) is 12.8. The molecule has 0 aromatic rings. The molecule has 2 heteroatoms. The molecule has 2 rings (SSSR count). The van der Waals surface area contributed by atoms with Gasteiger partial charge < -0.3 is 5.32 Å². The van der Waals surface area contributed by atoms with E-state index in [0.29, 0.717) is 0 Å². The van der Waals surface area contributed by atoms with E-state index in [2.05, 4.69) is 37.9 Å². The minimum atomic E-state index is 0.721. The van der Waals surface area contributed by atoms with Crippen molar-refractivity contribution < 1.29 is 0 Å². The van der Waals surface area contributed by atoms with Crippen LogP contribution in [0.1, 0.15) is 53.4 Å². The second kappa shape index (κ2) is 6.38. The number of rotatable bonds is 3. The molecule has 5 unspecified atom stereocenters. The van der Waals surface area contributed by atoms with Crippen molar-refractivity contribution >= 4 is 0 Å². The van der Waals surface area contributed by atoms with Crippen molar-refractivity contribution in [1.82, 2.24) is 10.2 Å². The standard InChI is InChI=1S/C16H32N2/c1-5-12(2)16-11-18(9-8-17-16)15-7-6-13(3)14(4)10-15/h12-17H,5-11H2,1-4H3. The average molecular weight is 252 g/mol. The van der Waals surface area contributed by atoms with Gasteiger partial charge in [0.2, 0.25) is 0 Å². The molecule has 2 nitrogen and oxygen atoms in total. The van der Waals surface area contributed by atoms with Crippen molar-refractivity contribution in [3.05, 3.63) is 0 Å². The number of piperazine rings is 1. The number of nitrogens with zero attached hydrogens (tertiary/aromatic N) is 1. The number of hydrogen-bond donors (Lipinski definition) is 1. The van der Waals surface area contributed by atoms with Crippen LogP contribution >= 0.6 is 0 Å². The highest BCUT2D eigenvalue weighted by Gasteiger charge is 2.32. The molecular formula is C16H32N2. The summed E-state index contributed by atoms with van der Waals surface area (Å²) in [5.41, 5.74) is 0. The Bertz CT molecular complexity index is 253. The van der Waals surface area contributed by atoms with Crippen LogP contribution in [-0.4, -0.2) is 36.6 Å². The smallest absolute Gasteiger partial charge is 0.0221 e. The van der Waals surface area contributed by atoms with Crippen LogP contribution in [0.25, 0.3) is 0 Å². The molecule has 0 amide bonds. The van der Waals surface area contributed by atoms with Crippen LogP contribution in [0.2, 0.25) is 0 Å². The van der Waals surface area contributed by atoms with Gasteiger partial charge in [-0.05, 0) is 37.0 Å². The fraction of sp³-hybridized carbons (Fsp3) is 1.00. The van der Waals surface area contributed by atoms with E-state index < -0.39 is 0 Å². The lowest BCUT2D eigenvalue weighted by Gasteiger charge is -2.44.